The number of carbonyl (C=O) groups excluding carboxylic acids is 1. The molecule has 0 aromatic carbocycles. The van der Waals surface area contributed by atoms with E-state index in [-0.39, 0.29) is 17.7 Å². The van der Waals surface area contributed by atoms with Crippen LogP contribution in [0.25, 0.3) is 0 Å². The first-order valence-electron chi connectivity index (χ1n) is 8.77. The molecule has 0 radical (unpaired) electrons. The van der Waals surface area contributed by atoms with E-state index in [1.807, 2.05) is 18.4 Å². The first-order chi connectivity index (χ1) is 11.4. The fourth-order valence-corrected chi connectivity index (χ4v) is 5.05. The Kier molecular flexibility index (Phi) is 4.96. The molecule has 0 spiro atoms. The summed E-state index contributed by atoms with van der Waals surface area (Å²) in [5, 5.41) is 2.94. The third-order valence-electron chi connectivity index (χ3n) is 5.00. The van der Waals surface area contributed by atoms with Gasteiger partial charge in [0.1, 0.15) is 11.5 Å². The molecule has 134 valence electrons. The molecule has 2 heterocycles. The number of nitrogens with zero attached hydrogens (tertiary/aromatic N) is 3. The number of sulfonamides is 1. The highest BCUT2D eigenvalue weighted by Crippen LogP contribution is 2.28. The molecule has 3 rings (SSSR count). The Balaban J connectivity index is 1.72. The number of carbonyl (C=O) groups is 1. The van der Waals surface area contributed by atoms with Gasteiger partial charge in [-0.3, -0.25) is 4.79 Å². The highest BCUT2D eigenvalue weighted by atomic mass is 32.2. The smallest absolute Gasteiger partial charge is 0.271 e. The van der Waals surface area contributed by atoms with Crippen LogP contribution in [0, 0.1) is 5.92 Å². The molecule has 0 saturated heterocycles. The fraction of sp³-hybridized carbons (Fsp3) is 0.750. The van der Waals surface area contributed by atoms with E-state index in [0.29, 0.717) is 43.5 Å². The van der Waals surface area contributed by atoms with Crippen LogP contribution in [0.4, 0.5) is 0 Å². The van der Waals surface area contributed by atoms with E-state index in [1.165, 1.54) is 23.6 Å². The number of aromatic nitrogens is 2. The van der Waals surface area contributed by atoms with Crippen molar-refractivity contribution in [3.8, 4) is 0 Å². The second-order valence-electron chi connectivity index (χ2n) is 6.79. The Bertz CT molecular complexity index is 709. The van der Waals surface area contributed by atoms with Gasteiger partial charge in [0.25, 0.3) is 5.91 Å². The van der Waals surface area contributed by atoms with Gasteiger partial charge in [-0.1, -0.05) is 13.3 Å². The highest BCUT2D eigenvalue weighted by Gasteiger charge is 2.34. The average molecular weight is 354 g/mol. The van der Waals surface area contributed by atoms with E-state index in [9.17, 15) is 13.2 Å². The molecule has 1 aliphatic heterocycles. The van der Waals surface area contributed by atoms with Crippen molar-refractivity contribution in [2.75, 3.05) is 18.8 Å². The molecule has 24 heavy (non-hydrogen) atoms. The van der Waals surface area contributed by atoms with Gasteiger partial charge in [-0.15, -0.1) is 0 Å². The van der Waals surface area contributed by atoms with E-state index in [0.717, 1.165) is 0 Å². The highest BCUT2D eigenvalue weighted by molar-refractivity contribution is 7.89. The molecule has 1 aromatic heterocycles. The largest absolute Gasteiger partial charge is 0.350 e. The van der Waals surface area contributed by atoms with Crippen LogP contribution in [-0.2, 0) is 16.6 Å². The molecule has 1 fully saturated rings. The Morgan fingerprint density at radius 3 is 2.75 bits per heavy atom. The first-order valence-corrected chi connectivity index (χ1v) is 10.4. The van der Waals surface area contributed by atoms with E-state index < -0.39 is 10.0 Å². The summed E-state index contributed by atoms with van der Waals surface area (Å²) in [5.74, 6) is 1.22. The van der Waals surface area contributed by atoms with Gasteiger partial charge >= 0.3 is 0 Å². The van der Waals surface area contributed by atoms with Crippen molar-refractivity contribution in [1.29, 1.82) is 0 Å². The minimum absolute atomic E-state index is 0.146. The van der Waals surface area contributed by atoms with E-state index in [4.69, 9.17) is 0 Å². The standard InChI is InChI=1S/C16H26N4O3S/c1-3-9-24(22,23)20-8-7-19-11-14(18-15(19)12(20)2)16(21)17-10-13-5-4-6-13/h11-13H,3-10H2,1-2H3,(H,17,21)/t12-/m0/s1. The summed E-state index contributed by atoms with van der Waals surface area (Å²) in [6.45, 7) is 5.36. The zero-order valence-corrected chi connectivity index (χ0v) is 15.2. The van der Waals surface area contributed by atoms with Crippen LogP contribution in [-0.4, -0.2) is 47.0 Å². The monoisotopic (exact) mass is 354 g/mol. The van der Waals surface area contributed by atoms with E-state index >= 15 is 0 Å². The average Bonchev–Trinajstić information content (AvgIpc) is 2.90. The SMILES string of the molecule is CCCS(=O)(=O)N1CCn2cc(C(=O)NCC3CCC3)nc2[C@@H]1C. The third kappa shape index (κ3) is 3.35. The third-order valence-corrected chi connectivity index (χ3v) is 7.14. The summed E-state index contributed by atoms with van der Waals surface area (Å²) < 4.78 is 28.2. The number of fused-ring (bicyclic) bond motifs is 1. The molecule has 1 aromatic rings. The maximum absolute atomic E-state index is 12.4. The van der Waals surface area contributed by atoms with Crippen LogP contribution < -0.4 is 5.32 Å². The number of amides is 1. The van der Waals surface area contributed by atoms with Gasteiger partial charge in [0.2, 0.25) is 10.0 Å². The van der Waals surface area contributed by atoms with Crippen LogP contribution in [0.1, 0.15) is 61.9 Å². The summed E-state index contributed by atoms with van der Waals surface area (Å²) >= 11 is 0. The van der Waals surface area contributed by atoms with Crippen molar-refractivity contribution in [1.82, 2.24) is 19.2 Å². The molecule has 1 saturated carbocycles. The normalized spacial score (nSPS) is 22.0. The Morgan fingerprint density at radius 2 is 2.12 bits per heavy atom. The predicted octanol–water partition coefficient (Wildman–Crippen LogP) is 1.53. The molecule has 0 bridgehead atoms. The molecule has 2 aliphatic rings. The molecule has 1 amide bonds. The lowest BCUT2D eigenvalue weighted by Gasteiger charge is -2.32. The summed E-state index contributed by atoms with van der Waals surface area (Å²) in [5.41, 5.74) is 0.380. The molecule has 7 nitrogen and oxygen atoms in total. The van der Waals surface area contributed by atoms with Crippen LogP contribution in [0.15, 0.2) is 6.20 Å². The van der Waals surface area contributed by atoms with Crippen molar-refractivity contribution in [3.63, 3.8) is 0 Å². The van der Waals surface area contributed by atoms with Gasteiger partial charge in [0.05, 0.1) is 11.8 Å². The second kappa shape index (κ2) is 6.84. The Hall–Kier alpha value is -1.41. The summed E-state index contributed by atoms with van der Waals surface area (Å²) in [4.78, 5) is 16.7. The molecular weight excluding hydrogens is 328 g/mol. The summed E-state index contributed by atoms with van der Waals surface area (Å²) in [7, 11) is -3.27. The molecule has 0 unspecified atom stereocenters. The number of rotatable bonds is 6. The minimum Gasteiger partial charge on any atom is -0.350 e. The molecule has 1 aliphatic carbocycles. The summed E-state index contributed by atoms with van der Waals surface area (Å²) in [6.07, 6.45) is 5.95. The predicted molar refractivity (Wildman–Crippen MR) is 91.1 cm³/mol. The molecular formula is C16H26N4O3S. The number of hydrogen-bond acceptors (Lipinski definition) is 4. The van der Waals surface area contributed by atoms with Crippen LogP contribution in [0.5, 0.6) is 0 Å². The zero-order chi connectivity index (χ0) is 17.3. The number of hydrogen-bond donors (Lipinski definition) is 1. The number of nitrogens with one attached hydrogen (secondary N) is 1. The van der Waals surface area contributed by atoms with Crippen molar-refractivity contribution in [2.45, 2.75) is 52.1 Å². The molecule has 8 heteroatoms. The van der Waals surface area contributed by atoms with Gasteiger partial charge in [-0.2, -0.15) is 4.31 Å². The molecule has 1 N–H and O–H groups in total. The topological polar surface area (TPSA) is 84.3 Å². The quantitative estimate of drug-likeness (QED) is 0.840. The van der Waals surface area contributed by atoms with Crippen molar-refractivity contribution in [2.24, 2.45) is 5.92 Å². The van der Waals surface area contributed by atoms with Crippen LogP contribution >= 0.6 is 0 Å². The van der Waals surface area contributed by atoms with Crippen LogP contribution in [0.3, 0.4) is 0 Å². The van der Waals surface area contributed by atoms with Gasteiger partial charge in [-0.25, -0.2) is 13.4 Å². The van der Waals surface area contributed by atoms with E-state index in [2.05, 4.69) is 10.3 Å². The second-order valence-corrected chi connectivity index (χ2v) is 8.83. The zero-order valence-electron chi connectivity index (χ0n) is 14.4. The van der Waals surface area contributed by atoms with E-state index in [1.54, 1.807) is 6.20 Å². The maximum atomic E-state index is 12.4. The number of imidazole rings is 1. The van der Waals surface area contributed by atoms with Gasteiger partial charge in [0, 0.05) is 25.8 Å². The maximum Gasteiger partial charge on any atom is 0.271 e. The molecule has 1 atom stereocenters. The lowest BCUT2D eigenvalue weighted by atomic mass is 9.85. The van der Waals surface area contributed by atoms with Gasteiger partial charge in [0.15, 0.2) is 0 Å². The van der Waals surface area contributed by atoms with Gasteiger partial charge < -0.3 is 9.88 Å². The summed E-state index contributed by atoms with van der Waals surface area (Å²) in [6, 6.07) is -0.344. The fourth-order valence-electron chi connectivity index (χ4n) is 3.36. The lowest BCUT2D eigenvalue weighted by molar-refractivity contribution is 0.0934. The van der Waals surface area contributed by atoms with Crippen LogP contribution in [0.2, 0.25) is 0 Å². The van der Waals surface area contributed by atoms with Gasteiger partial charge in [-0.05, 0) is 32.1 Å². The lowest BCUT2D eigenvalue weighted by Crippen LogP contribution is -2.42. The van der Waals surface area contributed by atoms with Crippen molar-refractivity contribution in [3.05, 3.63) is 17.7 Å². The first kappa shape index (κ1) is 17.4. The van der Waals surface area contributed by atoms with Crippen molar-refractivity contribution < 1.29 is 13.2 Å². The van der Waals surface area contributed by atoms with Crippen molar-refractivity contribution >= 4 is 15.9 Å². The Morgan fingerprint density at radius 1 is 1.38 bits per heavy atom. The Labute approximate surface area is 143 Å². The minimum atomic E-state index is -3.27.